The normalized spacial score (nSPS) is 14.1. The summed E-state index contributed by atoms with van der Waals surface area (Å²) in [6, 6.07) is 3.79. The number of halogens is 1. The molecule has 0 amide bonds. The summed E-state index contributed by atoms with van der Waals surface area (Å²) in [4.78, 5) is 4.59. The predicted octanol–water partition coefficient (Wildman–Crippen LogP) is 2.95. The van der Waals surface area contributed by atoms with E-state index in [1.807, 2.05) is 37.6 Å². The van der Waals surface area contributed by atoms with Gasteiger partial charge in [0.05, 0.1) is 29.0 Å². The number of aromatic nitrogens is 4. The molecule has 0 atom stereocenters. The van der Waals surface area contributed by atoms with Crippen molar-refractivity contribution in [2.24, 2.45) is 17.5 Å². The first-order chi connectivity index (χ1) is 13.5. The molecule has 8 nitrogen and oxygen atoms in total. The maximum absolute atomic E-state index is 6.32. The number of rotatable bonds is 8. The first kappa shape index (κ1) is 22.2. The summed E-state index contributed by atoms with van der Waals surface area (Å²) in [5, 5.41) is 9.58. The Bertz CT molecular complexity index is 799. The highest BCUT2D eigenvalue weighted by Crippen LogP contribution is 2.30. The molecule has 1 aliphatic rings. The Morgan fingerprint density at radius 2 is 2.07 bits per heavy atom. The number of nitrogens with two attached hydrogens (primary N) is 2. The molecule has 1 saturated carbocycles. The number of pyridine rings is 1. The highest BCUT2D eigenvalue weighted by atomic mass is 79.9. The molecule has 0 unspecified atom stereocenters. The molecule has 0 saturated heterocycles. The van der Waals surface area contributed by atoms with E-state index in [2.05, 4.69) is 31.2 Å². The van der Waals surface area contributed by atoms with Gasteiger partial charge in [0.15, 0.2) is 0 Å². The molecular formula is C19H30BrN7O. The van der Waals surface area contributed by atoms with Crippen LogP contribution in [-0.4, -0.2) is 38.6 Å². The van der Waals surface area contributed by atoms with Crippen LogP contribution in [0.3, 0.4) is 0 Å². The molecular weight excluding hydrogens is 422 g/mol. The van der Waals surface area contributed by atoms with Gasteiger partial charge < -0.3 is 15.5 Å². The van der Waals surface area contributed by atoms with Crippen LogP contribution in [0.5, 0.6) is 5.88 Å². The molecule has 1 fully saturated rings. The molecule has 0 aliphatic heterocycles. The lowest BCUT2D eigenvalue weighted by Crippen LogP contribution is -2.31. The minimum atomic E-state index is 0.181. The molecule has 1 aliphatic carbocycles. The van der Waals surface area contributed by atoms with E-state index in [1.165, 1.54) is 17.9 Å². The van der Waals surface area contributed by atoms with E-state index in [4.69, 9.17) is 16.3 Å². The smallest absolute Gasteiger partial charge is 0.253 e. The van der Waals surface area contributed by atoms with Crippen LogP contribution in [0.15, 0.2) is 28.5 Å². The van der Waals surface area contributed by atoms with Gasteiger partial charge in [-0.15, -0.1) is 0 Å². The van der Waals surface area contributed by atoms with Crippen molar-refractivity contribution in [1.82, 2.24) is 25.0 Å². The molecule has 154 valence electrons. The summed E-state index contributed by atoms with van der Waals surface area (Å²) < 4.78 is 8.52. The zero-order chi connectivity index (χ0) is 20.7. The van der Waals surface area contributed by atoms with Crippen molar-refractivity contribution >= 4 is 21.6 Å². The number of hydrazine groups is 1. The van der Waals surface area contributed by atoms with Crippen LogP contribution in [0.2, 0.25) is 0 Å². The van der Waals surface area contributed by atoms with Gasteiger partial charge in [0.1, 0.15) is 6.61 Å². The average Bonchev–Trinajstić information content (AvgIpc) is 3.40. The summed E-state index contributed by atoms with van der Waals surface area (Å²) in [5.74, 6) is 7.13. The topological polar surface area (TPSA) is 108 Å². The van der Waals surface area contributed by atoms with Crippen LogP contribution in [0.4, 0.5) is 0 Å². The van der Waals surface area contributed by atoms with E-state index in [0.29, 0.717) is 23.0 Å². The largest absolute Gasteiger partial charge is 0.469 e. The van der Waals surface area contributed by atoms with Crippen molar-refractivity contribution in [3.05, 3.63) is 39.9 Å². The van der Waals surface area contributed by atoms with Crippen molar-refractivity contribution in [3.63, 3.8) is 0 Å². The Morgan fingerprint density at radius 3 is 2.68 bits per heavy atom. The SMILES string of the molecule is CC.CCc1nc(/C(N)=C(\COc2cn(CC3CC3)nn2)N(C)N)ccc1Br. The van der Waals surface area contributed by atoms with Gasteiger partial charge in [-0.05, 0) is 53.2 Å². The zero-order valence-electron chi connectivity index (χ0n) is 17.0. The number of nitrogens with zero attached hydrogens (tertiary/aromatic N) is 5. The Kier molecular flexibility index (Phi) is 8.25. The summed E-state index contributed by atoms with van der Waals surface area (Å²) in [6.45, 7) is 7.11. The summed E-state index contributed by atoms with van der Waals surface area (Å²) in [6.07, 6.45) is 5.13. The van der Waals surface area contributed by atoms with Crippen molar-refractivity contribution in [2.75, 3.05) is 13.7 Å². The number of likely N-dealkylation sites (N-methyl/N-ethyl adjacent to an activating group) is 1. The van der Waals surface area contributed by atoms with Gasteiger partial charge in [-0.25, -0.2) is 10.5 Å². The van der Waals surface area contributed by atoms with E-state index in [1.54, 1.807) is 13.2 Å². The summed E-state index contributed by atoms with van der Waals surface area (Å²) in [7, 11) is 1.72. The van der Waals surface area contributed by atoms with Crippen molar-refractivity contribution < 1.29 is 4.74 Å². The average molecular weight is 452 g/mol. The lowest BCUT2D eigenvalue weighted by Gasteiger charge is -2.19. The highest BCUT2D eigenvalue weighted by Gasteiger charge is 2.22. The second-order valence-electron chi connectivity index (χ2n) is 6.46. The Hall–Kier alpha value is -2.13. The predicted molar refractivity (Wildman–Crippen MR) is 114 cm³/mol. The van der Waals surface area contributed by atoms with E-state index in [-0.39, 0.29) is 6.61 Å². The molecule has 2 aromatic rings. The summed E-state index contributed by atoms with van der Waals surface area (Å²) >= 11 is 3.49. The second kappa shape index (κ2) is 10.4. The van der Waals surface area contributed by atoms with Gasteiger partial charge in [0, 0.05) is 18.1 Å². The molecule has 2 aromatic heterocycles. The van der Waals surface area contributed by atoms with E-state index >= 15 is 0 Å². The number of ether oxygens (including phenoxy) is 1. The maximum atomic E-state index is 6.32. The molecule has 4 N–H and O–H groups in total. The van der Waals surface area contributed by atoms with Gasteiger partial charge in [-0.2, -0.15) is 0 Å². The summed E-state index contributed by atoms with van der Waals surface area (Å²) in [5.41, 5.74) is 9.02. The van der Waals surface area contributed by atoms with E-state index in [9.17, 15) is 0 Å². The first-order valence-corrected chi connectivity index (χ1v) is 10.4. The molecule has 0 aromatic carbocycles. The van der Waals surface area contributed by atoms with Crippen LogP contribution in [-0.2, 0) is 13.0 Å². The molecule has 0 bridgehead atoms. The molecule has 0 radical (unpaired) electrons. The van der Waals surface area contributed by atoms with Gasteiger partial charge in [0.25, 0.3) is 5.88 Å². The van der Waals surface area contributed by atoms with Crippen molar-refractivity contribution in [1.29, 1.82) is 0 Å². The Morgan fingerprint density at radius 1 is 1.36 bits per heavy atom. The Balaban J connectivity index is 0.00000136. The van der Waals surface area contributed by atoms with Crippen LogP contribution in [0.1, 0.15) is 45.0 Å². The number of hydrogen-bond acceptors (Lipinski definition) is 7. The fourth-order valence-corrected chi connectivity index (χ4v) is 3.04. The van der Waals surface area contributed by atoms with Gasteiger partial charge in [0.2, 0.25) is 0 Å². The molecule has 2 heterocycles. The van der Waals surface area contributed by atoms with Gasteiger partial charge >= 0.3 is 0 Å². The minimum absolute atomic E-state index is 0.181. The van der Waals surface area contributed by atoms with E-state index in [0.717, 1.165) is 29.1 Å². The van der Waals surface area contributed by atoms with Crippen molar-refractivity contribution in [3.8, 4) is 5.88 Å². The Labute approximate surface area is 175 Å². The van der Waals surface area contributed by atoms with Gasteiger partial charge in [-0.1, -0.05) is 31.1 Å². The third-order valence-corrected chi connectivity index (χ3v) is 5.00. The molecule has 28 heavy (non-hydrogen) atoms. The van der Waals surface area contributed by atoms with Crippen LogP contribution in [0, 0.1) is 5.92 Å². The quantitative estimate of drug-likeness (QED) is 0.468. The lowest BCUT2D eigenvalue weighted by molar-refractivity contribution is 0.287. The zero-order valence-corrected chi connectivity index (χ0v) is 18.6. The van der Waals surface area contributed by atoms with E-state index < -0.39 is 0 Å². The minimum Gasteiger partial charge on any atom is -0.469 e. The fraction of sp³-hybridized carbons (Fsp3) is 0.526. The lowest BCUT2D eigenvalue weighted by atomic mass is 10.2. The van der Waals surface area contributed by atoms with Crippen LogP contribution < -0.4 is 16.3 Å². The standard InChI is InChI=1S/C17H24BrN7O.C2H6/c1-3-13-12(18)6-7-14(21-13)17(19)15(24(2)20)10-26-16-9-25(23-22-16)8-11-4-5-11;1-2/h6-7,9,11H,3-5,8,10,19-20H2,1-2H3;1-2H3/b17-15-;. The van der Waals surface area contributed by atoms with Crippen LogP contribution in [0.25, 0.3) is 5.70 Å². The molecule has 0 spiro atoms. The highest BCUT2D eigenvalue weighted by molar-refractivity contribution is 9.10. The molecule has 9 heteroatoms. The third-order valence-electron chi connectivity index (χ3n) is 4.28. The first-order valence-electron chi connectivity index (χ1n) is 9.63. The number of hydrogen-bond donors (Lipinski definition) is 2. The second-order valence-corrected chi connectivity index (χ2v) is 7.32. The third kappa shape index (κ3) is 5.93. The van der Waals surface area contributed by atoms with Crippen LogP contribution >= 0.6 is 15.9 Å². The molecule has 3 rings (SSSR count). The fourth-order valence-electron chi connectivity index (χ4n) is 2.54. The van der Waals surface area contributed by atoms with Gasteiger partial charge in [-0.3, -0.25) is 4.98 Å². The van der Waals surface area contributed by atoms with Crippen molar-refractivity contribution in [2.45, 2.75) is 46.6 Å². The number of aryl methyl sites for hydroxylation is 1. The maximum Gasteiger partial charge on any atom is 0.253 e. The monoisotopic (exact) mass is 451 g/mol.